The molecule has 0 saturated heterocycles. The summed E-state index contributed by atoms with van der Waals surface area (Å²) in [5.74, 6) is 0. The molecule has 2 heteroatoms. The summed E-state index contributed by atoms with van der Waals surface area (Å²) < 4.78 is 7.20. The molecule has 294 valence electrons. The monoisotopic (exact) mass is 801 g/mol. The minimum absolute atomic E-state index is 0.607. The predicted octanol–water partition coefficient (Wildman–Crippen LogP) is 16.4. The van der Waals surface area contributed by atoms with Crippen LogP contribution in [0.15, 0.2) is 241 Å². The fourth-order valence-corrected chi connectivity index (χ4v) is 10.8. The van der Waals surface area contributed by atoms with Crippen molar-refractivity contribution in [3.63, 3.8) is 0 Å². The van der Waals surface area contributed by atoms with Crippen LogP contribution in [-0.2, 0) is 5.41 Å². The highest BCUT2D eigenvalue weighted by Crippen LogP contribution is 2.66. The second kappa shape index (κ2) is 13.9. The van der Waals surface area contributed by atoms with Gasteiger partial charge in [0.05, 0.1) is 11.1 Å². The smallest absolute Gasteiger partial charge is 0.159 e. The Balaban J connectivity index is 1.10. The number of hydrogen-bond acceptors (Lipinski definition) is 2. The first-order valence-corrected chi connectivity index (χ1v) is 21.8. The number of nitrogens with zero attached hydrogens (tertiary/aromatic N) is 1. The summed E-state index contributed by atoms with van der Waals surface area (Å²) in [6.07, 6.45) is 0. The standard InChI is InChI=1S/C61H39NO/c1-3-15-40(16-4-1)42-27-29-43(30-28-42)45-33-37-47(38-34-45)62(46-35-31-44(32-36-46)41-17-5-2-6-18-41)59-58-52(39-53-51-22-10-14-26-57(51)63-60(53)59)50-21-9-13-25-56(50)61(58)54-23-11-7-19-48(54)49-20-8-12-24-55(49)61/h1-39H. The minimum Gasteiger partial charge on any atom is -0.454 e. The van der Waals surface area contributed by atoms with E-state index in [2.05, 4.69) is 241 Å². The fraction of sp³-hybridized carbons (Fsp3) is 0.0164. The SMILES string of the molecule is c1ccc(-c2ccc(-c3ccc(N(c4ccc(-c5ccccc5)cc4)c4c5c(cc6c4oc4ccccc46)-c4ccccc4C54c5ccccc5-c5ccccc54)cc3)cc2)cc1. The van der Waals surface area contributed by atoms with Crippen LogP contribution < -0.4 is 4.90 Å². The molecular formula is C61H39NO. The first-order chi connectivity index (χ1) is 31.3. The van der Waals surface area contributed by atoms with Crippen LogP contribution in [0.3, 0.4) is 0 Å². The number of furan rings is 1. The third-order valence-electron chi connectivity index (χ3n) is 13.5. The van der Waals surface area contributed by atoms with E-state index in [9.17, 15) is 0 Å². The lowest BCUT2D eigenvalue weighted by molar-refractivity contribution is 0.667. The number of rotatable bonds is 6. The van der Waals surface area contributed by atoms with Crippen molar-refractivity contribution in [2.24, 2.45) is 0 Å². The summed E-state index contributed by atoms with van der Waals surface area (Å²) in [5.41, 5.74) is 21.5. The van der Waals surface area contributed by atoms with Gasteiger partial charge in [0, 0.05) is 27.7 Å². The van der Waals surface area contributed by atoms with E-state index in [4.69, 9.17) is 4.42 Å². The van der Waals surface area contributed by atoms with Gasteiger partial charge in [-0.25, -0.2) is 0 Å². The summed E-state index contributed by atoms with van der Waals surface area (Å²) in [5, 5.41) is 2.21. The molecule has 1 spiro atoms. The first-order valence-electron chi connectivity index (χ1n) is 21.8. The van der Waals surface area contributed by atoms with E-state index in [1.54, 1.807) is 0 Å². The van der Waals surface area contributed by atoms with E-state index in [1.807, 2.05) is 0 Å². The van der Waals surface area contributed by atoms with Gasteiger partial charge < -0.3 is 9.32 Å². The van der Waals surface area contributed by atoms with Crippen molar-refractivity contribution in [2.45, 2.75) is 5.41 Å². The Kier molecular flexibility index (Phi) is 7.85. The maximum Gasteiger partial charge on any atom is 0.159 e. The van der Waals surface area contributed by atoms with Gasteiger partial charge in [-0.1, -0.05) is 200 Å². The summed E-state index contributed by atoms with van der Waals surface area (Å²) in [4.78, 5) is 2.47. The zero-order chi connectivity index (χ0) is 41.5. The highest BCUT2D eigenvalue weighted by molar-refractivity contribution is 6.16. The van der Waals surface area contributed by atoms with Crippen molar-refractivity contribution in [3.05, 3.63) is 259 Å². The molecule has 0 atom stereocenters. The Bertz CT molecular complexity index is 3480. The molecule has 2 aliphatic rings. The molecule has 0 fully saturated rings. The van der Waals surface area contributed by atoms with Crippen LogP contribution in [0.5, 0.6) is 0 Å². The van der Waals surface area contributed by atoms with Gasteiger partial charge in [-0.05, 0) is 109 Å². The lowest BCUT2D eigenvalue weighted by Gasteiger charge is -2.36. The zero-order valence-electron chi connectivity index (χ0n) is 34.4. The molecule has 2 nitrogen and oxygen atoms in total. The Morgan fingerprint density at radius 3 is 1.19 bits per heavy atom. The lowest BCUT2D eigenvalue weighted by Crippen LogP contribution is -2.28. The molecule has 0 saturated carbocycles. The van der Waals surface area contributed by atoms with Crippen molar-refractivity contribution in [3.8, 4) is 55.6 Å². The molecule has 0 aliphatic heterocycles. The highest BCUT2D eigenvalue weighted by atomic mass is 16.3. The summed E-state index contributed by atoms with van der Waals surface area (Å²) >= 11 is 0. The van der Waals surface area contributed by atoms with Crippen LogP contribution in [-0.4, -0.2) is 0 Å². The number of benzene rings is 10. The largest absolute Gasteiger partial charge is 0.454 e. The van der Waals surface area contributed by atoms with E-state index < -0.39 is 5.41 Å². The van der Waals surface area contributed by atoms with Crippen molar-refractivity contribution in [1.29, 1.82) is 0 Å². The van der Waals surface area contributed by atoms with Crippen LogP contribution in [0.2, 0.25) is 0 Å². The molecule has 1 aromatic heterocycles. The molecule has 0 amide bonds. The Labute approximate surface area is 366 Å². The van der Waals surface area contributed by atoms with Gasteiger partial charge in [0.2, 0.25) is 0 Å². The maximum atomic E-state index is 7.20. The number of fused-ring (bicyclic) bond motifs is 13. The molecular weight excluding hydrogens is 763 g/mol. The Morgan fingerprint density at radius 2 is 0.698 bits per heavy atom. The molecule has 0 unspecified atom stereocenters. The van der Waals surface area contributed by atoms with Crippen molar-refractivity contribution in [2.75, 3.05) is 4.90 Å². The first kappa shape index (κ1) is 35.5. The van der Waals surface area contributed by atoms with Crippen molar-refractivity contribution in [1.82, 2.24) is 0 Å². The second-order valence-corrected chi connectivity index (χ2v) is 16.7. The van der Waals surface area contributed by atoms with E-state index >= 15 is 0 Å². The number of hydrogen-bond donors (Lipinski definition) is 0. The van der Waals surface area contributed by atoms with Gasteiger partial charge in [-0.2, -0.15) is 0 Å². The molecule has 0 radical (unpaired) electrons. The Morgan fingerprint density at radius 1 is 0.317 bits per heavy atom. The van der Waals surface area contributed by atoms with Gasteiger partial charge in [0.1, 0.15) is 5.58 Å². The summed E-state index contributed by atoms with van der Waals surface area (Å²) in [6.45, 7) is 0. The minimum atomic E-state index is -0.607. The third kappa shape index (κ3) is 5.25. The van der Waals surface area contributed by atoms with E-state index in [-0.39, 0.29) is 0 Å². The van der Waals surface area contributed by atoms with Gasteiger partial charge in [-0.15, -0.1) is 0 Å². The average molecular weight is 802 g/mol. The maximum absolute atomic E-state index is 7.20. The van der Waals surface area contributed by atoms with Gasteiger partial charge in [0.15, 0.2) is 5.58 Å². The van der Waals surface area contributed by atoms with Crippen molar-refractivity contribution < 1.29 is 4.42 Å². The van der Waals surface area contributed by atoms with E-state index in [1.165, 1.54) is 72.3 Å². The van der Waals surface area contributed by atoms with E-state index in [0.717, 1.165) is 44.6 Å². The Hall–Kier alpha value is -8.20. The molecule has 1 heterocycles. The van der Waals surface area contributed by atoms with Gasteiger partial charge >= 0.3 is 0 Å². The number of anilines is 3. The zero-order valence-corrected chi connectivity index (χ0v) is 34.4. The van der Waals surface area contributed by atoms with Crippen LogP contribution >= 0.6 is 0 Å². The average Bonchev–Trinajstić information content (AvgIpc) is 3.99. The molecule has 63 heavy (non-hydrogen) atoms. The van der Waals surface area contributed by atoms with Crippen LogP contribution in [0.4, 0.5) is 17.1 Å². The normalized spacial score (nSPS) is 12.9. The third-order valence-corrected chi connectivity index (χ3v) is 13.5. The fourth-order valence-electron chi connectivity index (χ4n) is 10.8. The molecule has 0 bridgehead atoms. The van der Waals surface area contributed by atoms with Crippen LogP contribution in [0.1, 0.15) is 22.3 Å². The van der Waals surface area contributed by atoms with Crippen LogP contribution in [0, 0.1) is 0 Å². The molecule has 13 rings (SSSR count). The number of para-hydroxylation sites is 1. The lowest BCUT2D eigenvalue weighted by atomic mass is 9.69. The van der Waals surface area contributed by atoms with Gasteiger partial charge in [-0.3, -0.25) is 0 Å². The van der Waals surface area contributed by atoms with E-state index in [0.29, 0.717) is 0 Å². The second-order valence-electron chi connectivity index (χ2n) is 16.7. The van der Waals surface area contributed by atoms with Crippen LogP contribution in [0.25, 0.3) is 77.6 Å². The van der Waals surface area contributed by atoms with Crippen molar-refractivity contribution >= 4 is 39.0 Å². The summed E-state index contributed by atoms with van der Waals surface area (Å²) in [7, 11) is 0. The van der Waals surface area contributed by atoms with Gasteiger partial charge in [0.25, 0.3) is 0 Å². The molecule has 0 N–H and O–H groups in total. The molecule has 2 aliphatic carbocycles. The molecule has 10 aromatic carbocycles. The molecule has 11 aromatic rings. The highest BCUT2D eigenvalue weighted by Gasteiger charge is 2.54. The topological polar surface area (TPSA) is 16.4 Å². The quantitative estimate of drug-likeness (QED) is 0.167. The summed E-state index contributed by atoms with van der Waals surface area (Å²) in [6, 6.07) is 86.3. The predicted molar refractivity (Wildman–Crippen MR) is 261 cm³/mol.